The van der Waals surface area contributed by atoms with Crippen LogP contribution in [-0.4, -0.2) is 69.0 Å². The Morgan fingerprint density at radius 1 is 1.18 bits per heavy atom. The second-order valence-corrected chi connectivity index (χ2v) is 13.4. The largest absolute Gasteiger partial charge is 0.465 e. The molecule has 12 nitrogen and oxygen atoms in total. The Labute approximate surface area is 264 Å². The highest BCUT2D eigenvalue weighted by Gasteiger charge is 2.49. The maximum atomic E-state index is 12.9. The molecule has 0 radical (unpaired) electrons. The van der Waals surface area contributed by atoms with E-state index in [0.29, 0.717) is 38.9 Å². The molecule has 0 aliphatic carbocycles. The molecule has 45 heavy (non-hydrogen) atoms. The van der Waals surface area contributed by atoms with Crippen LogP contribution in [0.3, 0.4) is 0 Å². The number of para-hydroxylation sites is 1. The summed E-state index contributed by atoms with van der Waals surface area (Å²) in [5.74, 6) is -0.514. The number of rotatable bonds is 9. The van der Waals surface area contributed by atoms with Gasteiger partial charge in [-0.15, -0.1) is 0 Å². The number of anilines is 2. The van der Waals surface area contributed by atoms with E-state index in [1.165, 1.54) is 17.7 Å². The predicted octanol–water partition coefficient (Wildman–Crippen LogP) is 5.05. The molecule has 0 saturated carbocycles. The molecule has 230 valence electrons. The molecule has 0 spiro atoms. The highest BCUT2D eigenvalue weighted by Crippen LogP contribution is 2.38. The summed E-state index contributed by atoms with van der Waals surface area (Å²) in [6.07, 6.45) is 6.85. The summed E-state index contributed by atoms with van der Waals surface area (Å²) < 4.78 is 34.8. The molecule has 6 rings (SSSR count). The monoisotopic (exact) mass is 644 g/mol. The number of fused-ring (bicyclic) bond motifs is 1. The first-order valence-corrected chi connectivity index (χ1v) is 16.1. The van der Waals surface area contributed by atoms with E-state index in [2.05, 4.69) is 26.5 Å². The van der Waals surface area contributed by atoms with E-state index in [-0.39, 0.29) is 25.3 Å². The Kier molecular flexibility index (Phi) is 7.82. The number of carbonyl (C=O) groups excluding carboxylic acids is 1. The highest BCUT2D eigenvalue weighted by molar-refractivity contribution is 7.89. The van der Waals surface area contributed by atoms with Crippen LogP contribution in [-0.2, 0) is 20.3 Å². The number of sulfonamides is 1. The summed E-state index contributed by atoms with van der Waals surface area (Å²) in [6, 6.07) is 14.9. The molecule has 2 aromatic carbocycles. The number of hydrogen-bond donors (Lipinski definition) is 1. The van der Waals surface area contributed by atoms with Crippen LogP contribution < -0.4 is 5.32 Å². The number of halogens is 1. The number of esters is 1. The zero-order chi connectivity index (χ0) is 31.9. The topological polar surface area (TPSA) is 148 Å². The van der Waals surface area contributed by atoms with Gasteiger partial charge in [-0.3, -0.25) is 9.25 Å². The zero-order valence-corrected chi connectivity index (χ0v) is 26.3. The van der Waals surface area contributed by atoms with Crippen LogP contribution in [0, 0.1) is 18.3 Å². The highest BCUT2D eigenvalue weighted by atomic mass is 35.5. The molecule has 14 heteroatoms. The molecule has 0 atom stereocenters. The number of benzene rings is 2. The summed E-state index contributed by atoms with van der Waals surface area (Å²) in [5.41, 5.74) is 4.14. The fourth-order valence-electron chi connectivity index (χ4n) is 5.58. The summed E-state index contributed by atoms with van der Waals surface area (Å²) >= 11 is 6.39. The van der Waals surface area contributed by atoms with Crippen molar-refractivity contribution in [1.29, 1.82) is 5.26 Å². The molecule has 1 saturated heterocycles. The van der Waals surface area contributed by atoms with E-state index in [0.717, 1.165) is 16.6 Å². The van der Waals surface area contributed by atoms with Crippen molar-refractivity contribution in [2.24, 2.45) is 0 Å². The number of aromatic nitrogens is 5. The smallest absolute Gasteiger partial charge is 0.340 e. The zero-order valence-electron chi connectivity index (χ0n) is 24.7. The average Bonchev–Trinajstić information content (AvgIpc) is 3.69. The van der Waals surface area contributed by atoms with Crippen LogP contribution in [0.2, 0.25) is 5.02 Å². The van der Waals surface area contributed by atoms with Crippen LogP contribution in [0.1, 0.15) is 29.3 Å². The first-order chi connectivity index (χ1) is 21.6. The minimum atomic E-state index is -3.38. The van der Waals surface area contributed by atoms with E-state index in [1.54, 1.807) is 42.2 Å². The fourth-order valence-corrected chi connectivity index (χ4v) is 7.00. The number of carbonyl (C=O) groups is 1. The van der Waals surface area contributed by atoms with E-state index in [4.69, 9.17) is 16.3 Å². The Hall–Kier alpha value is -4.77. The molecule has 1 aliphatic heterocycles. The van der Waals surface area contributed by atoms with Crippen molar-refractivity contribution in [3.8, 4) is 23.0 Å². The van der Waals surface area contributed by atoms with Crippen LogP contribution in [0.4, 0.5) is 11.4 Å². The third-order valence-corrected chi connectivity index (χ3v) is 10.3. The minimum Gasteiger partial charge on any atom is -0.465 e. The summed E-state index contributed by atoms with van der Waals surface area (Å²) in [5, 5.41) is 18.8. The van der Waals surface area contributed by atoms with Gasteiger partial charge in [0.2, 0.25) is 10.0 Å². The molecule has 1 fully saturated rings. The van der Waals surface area contributed by atoms with Crippen LogP contribution in [0.5, 0.6) is 0 Å². The van der Waals surface area contributed by atoms with Gasteiger partial charge in [-0.2, -0.15) is 14.7 Å². The number of nitrogens with zero attached hydrogens (tertiary/aromatic N) is 7. The number of methoxy groups -OCH3 is 1. The molecule has 1 N–H and O–H groups in total. The summed E-state index contributed by atoms with van der Waals surface area (Å²) in [6.45, 7) is 3.83. The fraction of sp³-hybridized carbons (Fsp3) is 0.258. The standard InChI is InChI=1S/C31H29ClN8O4S/c1-4-45(42,43)38-17-31(18-38,12-13-33)40-16-21(15-36-40)27-22-11-14-39(29(22)35-19-34-27)26-10-5-7-23(30(41)44-3)28(26)37-25-9-6-8-24(32)20(25)2/h5-11,14-16,19,37H,4,12,17-18H2,1-3H3. The molecule has 5 aromatic rings. The quantitative estimate of drug-likeness (QED) is 0.218. The Morgan fingerprint density at radius 2 is 1.96 bits per heavy atom. The van der Waals surface area contributed by atoms with Gasteiger partial charge in [0.15, 0.2) is 0 Å². The molecular formula is C31H29ClN8O4S. The van der Waals surface area contributed by atoms with Gasteiger partial charge in [-0.25, -0.2) is 23.2 Å². The molecule has 4 heterocycles. The number of ether oxygens (including phenoxy) is 1. The first kappa shape index (κ1) is 30.3. The van der Waals surface area contributed by atoms with Gasteiger partial charge in [-0.1, -0.05) is 23.7 Å². The lowest BCUT2D eigenvalue weighted by Gasteiger charge is -2.47. The second kappa shape index (κ2) is 11.6. The number of hydrogen-bond acceptors (Lipinski definition) is 9. The van der Waals surface area contributed by atoms with E-state index in [9.17, 15) is 18.5 Å². The van der Waals surface area contributed by atoms with Crippen molar-refractivity contribution in [2.45, 2.75) is 25.8 Å². The minimum absolute atomic E-state index is 0.00558. The van der Waals surface area contributed by atoms with Crippen molar-refractivity contribution in [2.75, 3.05) is 31.3 Å². The van der Waals surface area contributed by atoms with Crippen molar-refractivity contribution in [1.82, 2.24) is 28.6 Å². The Balaban J connectivity index is 1.42. The van der Waals surface area contributed by atoms with Gasteiger partial charge in [0.05, 0.1) is 54.2 Å². The lowest BCUT2D eigenvalue weighted by Crippen LogP contribution is -2.64. The molecule has 1 aliphatic rings. The third-order valence-electron chi connectivity index (χ3n) is 8.17. The summed E-state index contributed by atoms with van der Waals surface area (Å²) in [4.78, 5) is 22.0. The van der Waals surface area contributed by atoms with Crippen LogP contribution in [0.25, 0.3) is 28.0 Å². The lowest BCUT2D eigenvalue weighted by atomic mass is 9.89. The normalized spacial score (nSPS) is 14.6. The SMILES string of the molecule is CCS(=O)(=O)N1CC(CC#N)(n2cc(-c3ncnc4c3ccn4-c3cccc(C(=O)OC)c3Nc3cccc(Cl)c3C)cn2)C1. The van der Waals surface area contributed by atoms with Gasteiger partial charge < -0.3 is 10.1 Å². The van der Waals surface area contributed by atoms with Gasteiger partial charge in [0.1, 0.15) is 17.5 Å². The van der Waals surface area contributed by atoms with Crippen molar-refractivity contribution in [3.05, 3.63) is 83.5 Å². The second-order valence-electron chi connectivity index (χ2n) is 10.8. The molecular weight excluding hydrogens is 616 g/mol. The van der Waals surface area contributed by atoms with E-state index in [1.807, 2.05) is 42.0 Å². The summed E-state index contributed by atoms with van der Waals surface area (Å²) in [7, 11) is -2.04. The van der Waals surface area contributed by atoms with Crippen molar-refractivity contribution >= 4 is 50.0 Å². The maximum Gasteiger partial charge on any atom is 0.340 e. The van der Waals surface area contributed by atoms with Gasteiger partial charge >= 0.3 is 5.97 Å². The predicted molar refractivity (Wildman–Crippen MR) is 170 cm³/mol. The average molecular weight is 645 g/mol. The molecule has 0 amide bonds. The van der Waals surface area contributed by atoms with E-state index < -0.39 is 21.5 Å². The molecule has 3 aromatic heterocycles. The number of nitriles is 1. The molecule has 0 unspecified atom stereocenters. The van der Waals surface area contributed by atoms with Crippen molar-refractivity contribution < 1.29 is 17.9 Å². The third kappa shape index (κ3) is 5.20. The number of nitrogens with one attached hydrogen (secondary N) is 1. The van der Waals surface area contributed by atoms with Gasteiger partial charge in [0, 0.05) is 47.1 Å². The maximum absolute atomic E-state index is 12.9. The Bertz CT molecular complexity index is 2090. The van der Waals surface area contributed by atoms with Crippen LogP contribution >= 0.6 is 11.6 Å². The van der Waals surface area contributed by atoms with Gasteiger partial charge in [-0.05, 0) is 49.7 Å². The van der Waals surface area contributed by atoms with E-state index >= 15 is 0 Å². The van der Waals surface area contributed by atoms with Crippen molar-refractivity contribution in [3.63, 3.8) is 0 Å². The van der Waals surface area contributed by atoms with Crippen LogP contribution in [0.15, 0.2) is 67.4 Å². The molecule has 0 bridgehead atoms. The Morgan fingerprint density at radius 3 is 2.69 bits per heavy atom. The first-order valence-electron chi connectivity index (χ1n) is 14.1. The van der Waals surface area contributed by atoms with Gasteiger partial charge in [0.25, 0.3) is 0 Å². The lowest BCUT2D eigenvalue weighted by molar-refractivity contribution is 0.0602.